The average Bonchev–Trinajstić information content (AvgIpc) is 2.60. The van der Waals surface area contributed by atoms with Gasteiger partial charge in [0.05, 0.1) is 5.71 Å². The number of benzene rings is 1. The van der Waals surface area contributed by atoms with Crippen LogP contribution >= 0.6 is 0 Å². The Morgan fingerprint density at radius 3 is 2.68 bits per heavy atom. The smallest absolute Gasteiger partial charge is 0.286 e. The topological polar surface area (TPSA) is 67.8 Å². The summed E-state index contributed by atoms with van der Waals surface area (Å²) in [7, 11) is 0. The zero-order valence-corrected chi connectivity index (χ0v) is 14.4. The molecule has 0 bridgehead atoms. The predicted molar refractivity (Wildman–Crippen MR) is 96.2 cm³/mol. The van der Waals surface area contributed by atoms with Gasteiger partial charge in [0.2, 0.25) is 0 Å². The summed E-state index contributed by atoms with van der Waals surface area (Å²) in [5, 5.41) is 2.86. The number of ether oxygens (including phenoxy) is 1. The predicted octanol–water partition coefficient (Wildman–Crippen LogP) is 2.96. The van der Waals surface area contributed by atoms with Crippen LogP contribution in [0.3, 0.4) is 0 Å². The van der Waals surface area contributed by atoms with Crippen molar-refractivity contribution in [1.82, 2.24) is 5.32 Å². The Bertz CT molecular complexity index is 832. The van der Waals surface area contributed by atoms with Gasteiger partial charge in [-0.05, 0) is 45.1 Å². The van der Waals surface area contributed by atoms with Crippen molar-refractivity contribution in [2.45, 2.75) is 26.9 Å². The third-order valence-electron chi connectivity index (χ3n) is 4.40. The van der Waals surface area contributed by atoms with Crippen molar-refractivity contribution in [3.63, 3.8) is 0 Å². The third-order valence-corrected chi connectivity index (χ3v) is 4.40. The molecule has 0 saturated carbocycles. The molecule has 0 fully saturated rings. The van der Waals surface area contributed by atoms with Gasteiger partial charge in [0.15, 0.2) is 6.10 Å². The molecule has 2 amide bonds. The van der Waals surface area contributed by atoms with Gasteiger partial charge >= 0.3 is 0 Å². The van der Waals surface area contributed by atoms with Crippen molar-refractivity contribution in [2.24, 2.45) is 10.9 Å². The van der Waals surface area contributed by atoms with E-state index in [1.54, 1.807) is 31.2 Å². The highest BCUT2D eigenvalue weighted by Crippen LogP contribution is 2.29. The number of allylic oxidation sites excluding steroid dienone is 3. The number of amides is 2. The molecular formula is C20H20N2O3. The summed E-state index contributed by atoms with van der Waals surface area (Å²) in [6, 6.07) is 9.15. The molecule has 5 heteroatoms. The quantitative estimate of drug-likeness (QED) is 0.923. The fraction of sp³-hybridized carbons (Fsp3) is 0.250. The summed E-state index contributed by atoms with van der Waals surface area (Å²) in [5.74, 6) is 0.174. The van der Waals surface area contributed by atoms with Crippen molar-refractivity contribution in [3.8, 4) is 5.75 Å². The van der Waals surface area contributed by atoms with E-state index in [9.17, 15) is 9.59 Å². The zero-order valence-electron chi connectivity index (χ0n) is 14.4. The number of rotatable bonds is 3. The molecule has 1 N–H and O–H groups in total. The lowest BCUT2D eigenvalue weighted by Crippen LogP contribution is -2.35. The first kappa shape index (κ1) is 16.9. The van der Waals surface area contributed by atoms with Crippen molar-refractivity contribution >= 4 is 17.5 Å². The fourth-order valence-electron chi connectivity index (χ4n) is 2.77. The lowest BCUT2D eigenvalue weighted by molar-refractivity contribution is -0.123. The molecular weight excluding hydrogens is 316 g/mol. The number of fused-ring (bicyclic) bond motifs is 1. The van der Waals surface area contributed by atoms with Crippen LogP contribution in [0.4, 0.5) is 0 Å². The van der Waals surface area contributed by atoms with Crippen LogP contribution < -0.4 is 10.1 Å². The Morgan fingerprint density at radius 1 is 1.24 bits per heavy atom. The maximum atomic E-state index is 12.3. The number of hydrogen-bond acceptors (Lipinski definition) is 3. The first-order valence-corrected chi connectivity index (χ1v) is 8.18. The minimum absolute atomic E-state index is 0.0322. The molecule has 1 aromatic rings. The van der Waals surface area contributed by atoms with E-state index < -0.39 is 6.10 Å². The summed E-state index contributed by atoms with van der Waals surface area (Å²) in [5.41, 5.74) is 3.00. The van der Waals surface area contributed by atoms with Crippen LogP contribution in [0.2, 0.25) is 0 Å². The normalized spacial score (nSPS) is 22.2. The molecule has 25 heavy (non-hydrogen) atoms. The van der Waals surface area contributed by atoms with Crippen molar-refractivity contribution in [2.75, 3.05) is 0 Å². The molecule has 0 aromatic heterocycles. The molecule has 5 nitrogen and oxygen atoms in total. The highest BCUT2D eigenvalue weighted by atomic mass is 16.5. The van der Waals surface area contributed by atoms with Gasteiger partial charge in [-0.15, -0.1) is 0 Å². The van der Waals surface area contributed by atoms with E-state index in [-0.39, 0.29) is 17.7 Å². The van der Waals surface area contributed by atoms with Gasteiger partial charge in [-0.2, -0.15) is 0 Å². The molecule has 0 spiro atoms. The van der Waals surface area contributed by atoms with Crippen LogP contribution in [0.1, 0.15) is 20.8 Å². The number of hydrogen-bond donors (Lipinski definition) is 1. The van der Waals surface area contributed by atoms with Crippen LogP contribution in [-0.4, -0.2) is 23.6 Å². The van der Waals surface area contributed by atoms with Crippen molar-refractivity contribution in [1.29, 1.82) is 0 Å². The first-order chi connectivity index (χ1) is 12.0. The molecule has 2 aliphatic rings. The Morgan fingerprint density at radius 2 is 1.96 bits per heavy atom. The van der Waals surface area contributed by atoms with E-state index in [2.05, 4.69) is 10.3 Å². The second-order valence-electron chi connectivity index (χ2n) is 6.15. The molecule has 2 unspecified atom stereocenters. The minimum Gasteiger partial charge on any atom is -0.481 e. The van der Waals surface area contributed by atoms with Crippen molar-refractivity contribution in [3.05, 3.63) is 65.4 Å². The van der Waals surface area contributed by atoms with E-state index in [0.717, 1.165) is 16.8 Å². The van der Waals surface area contributed by atoms with Crippen molar-refractivity contribution < 1.29 is 14.3 Å². The van der Waals surface area contributed by atoms with Gasteiger partial charge in [0, 0.05) is 17.2 Å². The molecule has 128 valence electrons. The summed E-state index contributed by atoms with van der Waals surface area (Å²) >= 11 is 0. The van der Waals surface area contributed by atoms with E-state index >= 15 is 0 Å². The molecule has 2 atom stereocenters. The molecule has 1 aromatic carbocycles. The van der Waals surface area contributed by atoms with Gasteiger partial charge in [0.1, 0.15) is 5.75 Å². The van der Waals surface area contributed by atoms with E-state index in [1.807, 2.05) is 38.1 Å². The first-order valence-electron chi connectivity index (χ1n) is 8.18. The SMILES string of the molecule is CC1=C(C)C2C=CC(=NC(=O)C(C)Oc3ccccc3)C=C2NC1=O. The average molecular weight is 336 g/mol. The van der Waals surface area contributed by atoms with Gasteiger partial charge < -0.3 is 10.1 Å². The fourth-order valence-corrected chi connectivity index (χ4v) is 2.77. The van der Waals surface area contributed by atoms with Crippen LogP contribution in [0.15, 0.2) is 70.4 Å². The second-order valence-corrected chi connectivity index (χ2v) is 6.15. The number of para-hydroxylation sites is 1. The number of carbonyl (C=O) groups is 2. The molecule has 1 heterocycles. The number of nitrogens with zero attached hydrogens (tertiary/aromatic N) is 1. The maximum absolute atomic E-state index is 12.3. The summed E-state index contributed by atoms with van der Waals surface area (Å²) in [6.45, 7) is 5.42. The highest BCUT2D eigenvalue weighted by molar-refractivity contribution is 6.12. The maximum Gasteiger partial charge on any atom is 0.286 e. The third kappa shape index (κ3) is 3.60. The lowest BCUT2D eigenvalue weighted by atomic mass is 9.85. The lowest BCUT2D eigenvalue weighted by Gasteiger charge is -2.28. The van der Waals surface area contributed by atoms with Gasteiger partial charge in [-0.1, -0.05) is 29.8 Å². The van der Waals surface area contributed by atoms with E-state index in [4.69, 9.17) is 4.74 Å². The van der Waals surface area contributed by atoms with Crippen LogP contribution in [-0.2, 0) is 9.59 Å². The molecule has 3 rings (SSSR count). The molecule has 0 saturated heterocycles. The Labute approximate surface area is 146 Å². The Hall–Kier alpha value is -2.95. The van der Waals surface area contributed by atoms with Crippen LogP contribution in [0.5, 0.6) is 5.75 Å². The second kappa shape index (κ2) is 6.89. The molecule has 1 aliphatic heterocycles. The number of aliphatic imine (C=N–C) groups is 1. The van der Waals surface area contributed by atoms with Gasteiger partial charge in [-0.25, -0.2) is 4.99 Å². The minimum atomic E-state index is -0.691. The van der Waals surface area contributed by atoms with Crippen LogP contribution in [0, 0.1) is 5.92 Å². The Kier molecular flexibility index (Phi) is 4.65. The summed E-state index contributed by atoms with van der Waals surface area (Å²) in [6.07, 6.45) is 4.80. The monoisotopic (exact) mass is 336 g/mol. The number of nitrogens with one attached hydrogen (secondary N) is 1. The van der Waals surface area contributed by atoms with Gasteiger partial charge in [0.25, 0.3) is 11.8 Å². The summed E-state index contributed by atoms with van der Waals surface area (Å²) < 4.78 is 5.59. The standard InChI is InChI=1S/C20H20N2O3/c1-12-13(2)19(23)22-18-11-15(9-10-17(12)18)21-20(24)14(3)25-16-7-5-4-6-8-16/h4-11,14,17H,1-3H3,(H,22,23). The largest absolute Gasteiger partial charge is 0.481 e. The molecule has 1 aliphatic carbocycles. The zero-order chi connectivity index (χ0) is 18.0. The van der Waals surface area contributed by atoms with E-state index in [0.29, 0.717) is 11.5 Å². The summed E-state index contributed by atoms with van der Waals surface area (Å²) in [4.78, 5) is 28.3. The van der Waals surface area contributed by atoms with Crippen LogP contribution in [0.25, 0.3) is 0 Å². The Balaban J connectivity index is 1.75. The van der Waals surface area contributed by atoms with E-state index in [1.165, 1.54) is 0 Å². The highest BCUT2D eigenvalue weighted by Gasteiger charge is 2.27. The molecule has 0 radical (unpaired) electrons. The number of carbonyl (C=O) groups excluding carboxylic acids is 2. The van der Waals surface area contributed by atoms with Gasteiger partial charge in [-0.3, -0.25) is 9.59 Å².